The number of carbonyl (C=O) groups excluding carboxylic acids is 1. The van der Waals surface area contributed by atoms with Gasteiger partial charge < -0.3 is 10.0 Å². The maximum absolute atomic E-state index is 13.0. The highest BCUT2D eigenvalue weighted by Crippen LogP contribution is 2.21. The Labute approximate surface area is 115 Å². The van der Waals surface area contributed by atoms with E-state index in [9.17, 15) is 13.6 Å². The van der Waals surface area contributed by atoms with E-state index < -0.39 is 11.6 Å². The highest BCUT2D eigenvalue weighted by atomic mass is 32.2. The van der Waals surface area contributed by atoms with Crippen LogP contribution in [0.2, 0.25) is 0 Å². The molecule has 19 heavy (non-hydrogen) atoms. The number of likely N-dealkylation sites (N-methyl/N-ethyl adjacent to an activating group) is 1. The second-order valence-corrected chi connectivity index (χ2v) is 5.38. The Hall–Kier alpha value is -1.14. The SMILES string of the molecule is CC(CO)N(C)C(=O)CCSc1ccc(F)c(F)c1. The van der Waals surface area contributed by atoms with Gasteiger partial charge in [0.2, 0.25) is 5.91 Å². The van der Waals surface area contributed by atoms with E-state index in [1.165, 1.54) is 22.7 Å². The predicted octanol–water partition coefficient (Wildman–Crippen LogP) is 2.29. The minimum Gasteiger partial charge on any atom is -0.394 e. The molecule has 0 saturated carbocycles. The van der Waals surface area contributed by atoms with Crippen molar-refractivity contribution in [2.75, 3.05) is 19.4 Å². The zero-order chi connectivity index (χ0) is 14.4. The average Bonchev–Trinajstić information content (AvgIpc) is 2.40. The molecular formula is C13H17F2NO2S. The van der Waals surface area contributed by atoms with Crippen LogP contribution in [0.1, 0.15) is 13.3 Å². The third kappa shape index (κ3) is 4.80. The standard InChI is InChI=1S/C13H17F2NO2S/c1-9(8-17)16(2)13(18)5-6-19-10-3-4-11(14)12(15)7-10/h3-4,7,9,17H,5-6,8H2,1-2H3. The third-order valence-corrected chi connectivity index (χ3v) is 3.79. The van der Waals surface area contributed by atoms with Crippen LogP contribution in [0.15, 0.2) is 23.1 Å². The molecule has 1 rings (SSSR count). The maximum atomic E-state index is 13.0. The van der Waals surface area contributed by atoms with Gasteiger partial charge in [0.1, 0.15) is 0 Å². The number of aliphatic hydroxyl groups excluding tert-OH is 1. The molecule has 0 radical (unpaired) electrons. The molecule has 0 spiro atoms. The zero-order valence-corrected chi connectivity index (χ0v) is 11.7. The number of rotatable bonds is 6. The molecule has 0 aromatic heterocycles. The smallest absolute Gasteiger partial charge is 0.223 e. The van der Waals surface area contributed by atoms with Gasteiger partial charge in [-0.15, -0.1) is 11.8 Å². The van der Waals surface area contributed by atoms with Crippen LogP contribution in [0.3, 0.4) is 0 Å². The summed E-state index contributed by atoms with van der Waals surface area (Å²) in [4.78, 5) is 13.8. The minimum atomic E-state index is -0.887. The zero-order valence-electron chi connectivity index (χ0n) is 10.9. The van der Waals surface area contributed by atoms with Gasteiger partial charge in [0.15, 0.2) is 11.6 Å². The Morgan fingerprint density at radius 1 is 1.42 bits per heavy atom. The molecule has 0 aliphatic heterocycles. The number of halogens is 2. The van der Waals surface area contributed by atoms with Crippen molar-refractivity contribution in [2.45, 2.75) is 24.3 Å². The molecule has 0 aliphatic rings. The molecular weight excluding hydrogens is 272 g/mol. The summed E-state index contributed by atoms with van der Waals surface area (Å²) < 4.78 is 25.7. The largest absolute Gasteiger partial charge is 0.394 e. The van der Waals surface area contributed by atoms with Crippen LogP contribution >= 0.6 is 11.8 Å². The maximum Gasteiger partial charge on any atom is 0.223 e. The molecule has 1 unspecified atom stereocenters. The number of hydrogen-bond donors (Lipinski definition) is 1. The molecule has 0 fully saturated rings. The molecule has 1 aromatic rings. The first-order valence-electron chi connectivity index (χ1n) is 5.90. The van der Waals surface area contributed by atoms with Gasteiger partial charge in [0.25, 0.3) is 0 Å². The Morgan fingerprint density at radius 2 is 2.11 bits per heavy atom. The number of hydrogen-bond acceptors (Lipinski definition) is 3. The molecule has 106 valence electrons. The third-order valence-electron chi connectivity index (χ3n) is 2.79. The summed E-state index contributed by atoms with van der Waals surface area (Å²) in [6.07, 6.45) is 0.282. The van der Waals surface area contributed by atoms with E-state index in [1.54, 1.807) is 14.0 Å². The van der Waals surface area contributed by atoms with Gasteiger partial charge in [-0.3, -0.25) is 4.79 Å². The normalized spacial score (nSPS) is 12.3. The number of thioether (sulfide) groups is 1. The number of aliphatic hydroxyl groups is 1. The predicted molar refractivity (Wildman–Crippen MR) is 71.0 cm³/mol. The summed E-state index contributed by atoms with van der Waals surface area (Å²) in [5.41, 5.74) is 0. The Morgan fingerprint density at radius 3 is 2.68 bits per heavy atom. The van der Waals surface area contributed by atoms with E-state index in [4.69, 9.17) is 5.11 Å². The number of carbonyl (C=O) groups is 1. The lowest BCUT2D eigenvalue weighted by atomic mass is 10.3. The minimum absolute atomic E-state index is 0.0848. The molecule has 0 saturated heterocycles. The van der Waals surface area contributed by atoms with Crippen molar-refractivity contribution in [3.8, 4) is 0 Å². The van der Waals surface area contributed by atoms with Crippen LogP contribution in [0.5, 0.6) is 0 Å². The summed E-state index contributed by atoms with van der Waals surface area (Å²) >= 11 is 1.29. The second-order valence-electron chi connectivity index (χ2n) is 4.21. The van der Waals surface area contributed by atoms with Crippen LogP contribution in [-0.2, 0) is 4.79 Å². The Balaban J connectivity index is 2.41. The van der Waals surface area contributed by atoms with Crippen molar-refractivity contribution in [3.63, 3.8) is 0 Å². The van der Waals surface area contributed by atoms with Crippen LogP contribution in [0.4, 0.5) is 8.78 Å². The average molecular weight is 289 g/mol. The molecule has 1 amide bonds. The lowest BCUT2D eigenvalue weighted by Gasteiger charge is -2.23. The highest BCUT2D eigenvalue weighted by Gasteiger charge is 2.14. The van der Waals surface area contributed by atoms with Gasteiger partial charge in [0, 0.05) is 24.1 Å². The summed E-state index contributed by atoms with van der Waals surface area (Å²) in [7, 11) is 1.63. The van der Waals surface area contributed by atoms with Crippen molar-refractivity contribution >= 4 is 17.7 Å². The van der Waals surface area contributed by atoms with Gasteiger partial charge in [-0.2, -0.15) is 0 Å². The van der Waals surface area contributed by atoms with Crippen LogP contribution in [0, 0.1) is 11.6 Å². The lowest BCUT2D eigenvalue weighted by molar-refractivity contribution is -0.131. The van der Waals surface area contributed by atoms with E-state index in [-0.39, 0.29) is 25.0 Å². The first-order chi connectivity index (χ1) is 8.95. The van der Waals surface area contributed by atoms with Gasteiger partial charge in [-0.05, 0) is 25.1 Å². The number of benzene rings is 1. The fourth-order valence-corrected chi connectivity index (χ4v) is 2.23. The van der Waals surface area contributed by atoms with Gasteiger partial charge in [-0.1, -0.05) is 0 Å². The molecule has 1 aromatic carbocycles. The van der Waals surface area contributed by atoms with Crippen LogP contribution < -0.4 is 0 Å². The van der Waals surface area contributed by atoms with Crippen molar-refractivity contribution in [1.29, 1.82) is 0 Å². The van der Waals surface area contributed by atoms with Crippen LogP contribution in [-0.4, -0.2) is 41.4 Å². The first-order valence-corrected chi connectivity index (χ1v) is 6.88. The Bertz CT molecular complexity index is 443. The van der Waals surface area contributed by atoms with E-state index in [0.29, 0.717) is 10.6 Å². The van der Waals surface area contributed by atoms with E-state index in [0.717, 1.165) is 12.1 Å². The summed E-state index contributed by atoms with van der Waals surface area (Å²) in [6, 6.07) is 3.44. The van der Waals surface area contributed by atoms with E-state index >= 15 is 0 Å². The van der Waals surface area contributed by atoms with Crippen molar-refractivity contribution < 1.29 is 18.7 Å². The fourth-order valence-electron chi connectivity index (χ4n) is 1.37. The summed E-state index contributed by atoms with van der Waals surface area (Å²) in [6.45, 7) is 1.67. The van der Waals surface area contributed by atoms with Crippen LogP contribution in [0.25, 0.3) is 0 Å². The molecule has 0 bridgehead atoms. The highest BCUT2D eigenvalue weighted by molar-refractivity contribution is 7.99. The summed E-state index contributed by atoms with van der Waals surface area (Å²) in [5, 5.41) is 8.94. The van der Waals surface area contributed by atoms with Gasteiger partial charge in [0.05, 0.1) is 12.6 Å². The van der Waals surface area contributed by atoms with Gasteiger partial charge in [-0.25, -0.2) is 8.78 Å². The molecule has 0 aliphatic carbocycles. The molecule has 1 atom stereocenters. The number of nitrogens with zero attached hydrogens (tertiary/aromatic N) is 1. The summed E-state index contributed by atoms with van der Waals surface area (Å²) in [5.74, 6) is -1.37. The molecule has 0 heterocycles. The van der Waals surface area contributed by atoms with E-state index in [2.05, 4.69) is 0 Å². The van der Waals surface area contributed by atoms with Crippen molar-refractivity contribution in [1.82, 2.24) is 4.90 Å². The lowest BCUT2D eigenvalue weighted by Crippen LogP contribution is -2.37. The second kappa shape index (κ2) is 7.45. The fraction of sp³-hybridized carbons (Fsp3) is 0.462. The number of amides is 1. The quantitative estimate of drug-likeness (QED) is 0.817. The first kappa shape index (κ1) is 15.9. The monoisotopic (exact) mass is 289 g/mol. The van der Waals surface area contributed by atoms with E-state index in [1.807, 2.05) is 0 Å². The van der Waals surface area contributed by atoms with Gasteiger partial charge >= 0.3 is 0 Å². The van der Waals surface area contributed by atoms with Crippen molar-refractivity contribution in [2.24, 2.45) is 0 Å². The Kier molecular flexibility index (Phi) is 6.24. The van der Waals surface area contributed by atoms with Crippen molar-refractivity contribution in [3.05, 3.63) is 29.8 Å². The topological polar surface area (TPSA) is 40.5 Å². The molecule has 3 nitrogen and oxygen atoms in total. The molecule has 6 heteroatoms. The molecule has 1 N–H and O–H groups in total.